The number of rotatable bonds is 7. The Bertz CT molecular complexity index is 978. The summed E-state index contributed by atoms with van der Waals surface area (Å²) in [6.45, 7) is 2.07. The van der Waals surface area contributed by atoms with Gasteiger partial charge in [0.15, 0.2) is 0 Å². The molecule has 0 saturated carbocycles. The minimum atomic E-state index is 0.166. The van der Waals surface area contributed by atoms with Gasteiger partial charge in [0.2, 0.25) is 0 Å². The fourth-order valence-corrected chi connectivity index (χ4v) is 4.03. The van der Waals surface area contributed by atoms with E-state index < -0.39 is 0 Å². The first-order chi connectivity index (χ1) is 13.7. The number of benzene rings is 4. The Morgan fingerprint density at radius 2 is 1.18 bits per heavy atom. The topological polar surface area (TPSA) is 15.3 Å². The third-order valence-corrected chi connectivity index (χ3v) is 5.40. The van der Waals surface area contributed by atoms with E-state index in [1.165, 1.54) is 32.7 Å². The molecule has 4 aromatic rings. The summed E-state index contributed by atoms with van der Waals surface area (Å²) in [5.74, 6) is 0. The van der Waals surface area contributed by atoms with Gasteiger partial charge in [-0.25, -0.2) is 0 Å². The van der Waals surface area contributed by atoms with Crippen LogP contribution in [0.4, 0.5) is 0 Å². The van der Waals surface area contributed by atoms with Crippen LogP contribution in [0.25, 0.3) is 21.5 Å². The summed E-state index contributed by atoms with van der Waals surface area (Å²) in [5, 5.41) is 9.09. The van der Waals surface area contributed by atoms with Gasteiger partial charge >= 0.3 is 0 Å². The Hall–Kier alpha value is -2.68. The first-order valence-electron chi connectivity index (χ1n) is 10.1. The van der Waals surface area contributed by atoms with E-state index in [2.05, 4.69) is 109 Å². The molecule has 0 aliphatic rings. The van der Waals surface area contributed by atoms with E-state index in [4.69, 9.17) is 0 Å². The molecule has 0 bridgehead atoms. The maximum atomic E-state index is 3.87. The van der Waals surface area contributed by atoms with Crippen molar-refractivity contribution < 1.29 is 0 Å². The number of nitrogens with one attached hydrogen (secondary N) is 1. The molecule has 0 unspecified atom stereocenters. The fourth-order valence-electron chi connectivity index (χ4n) is 4.03. The lowest BCUT2D eigenvalue weighted by atomic mass is 9.90. The number of hydrogen-bond donors (Lipinski definition) is 1. The molecule has 0 aliphatic heterocycles. The highest BCUT2D eigenvalue weighted by Crippen LogP contribution is 2.33. The zero-order chi connectivity index (χ0) is 19.3. The molecule has 0 heterocycles. The van der Waals surface area contributed by atoms with Crippen LogP contribution in [-0.4, -0.2) is 32.1 Å². The lowest BCUT2D eigenvalue weighted by Crippen LogP contribution is -2.26. The Kier molecular flexibility index (Phi) is 5.70. The highest BCUT2D eigenvalue weighted by molar-refractivity contribution is 5.90. The van der Waals surface area contributed by atoms with Crippen molar-refractivity contribution in [2.45, 2.75) is 12.5 Å². The van der Waals surface area contributed by atoms with Crippen LogP contribution in [0.5, 0.6) is 0 Å². The summed E-state index contributed by atoms with van der Waals surface area (Å²) in [7, 11) is 4.26. The van der Waals surface area contributed by atoms with Crippen LogP contribution in [0, 0.1) is 0 Å². The SMILES string of the molecule is CN(C)CCCNC(c1cccc2ccccc12)c1cccc2ccccc12. The van der Waals surface area contributed by atoms with E-state index in [1.54, 1.807) is 0 Å². The van der Waals surface area contributed by atoms with Crippen molar-refractivity contribution in [3.05, 3.63) is 96.1 Å². The lowest BCUT2D eigenvalue weighted by Gasteiger charge is -2.23. The smallest absolute Gasteiger partial charge is 0.0588 e. The Morgan fingerprint density at radius 3 is 1.71 bits per heavy atom. The molecule has 142 valence electrons. The van der Waals surface area contributed by atoms with Crippen molar-refractivity contribution in [1.29, 1.82) is 0 Å². The predicted octanol–water partition coefficient (Wildman–Crippen LogP) is 5.62. The molecule has 0 saturated heterocycles. The molecule has 0 spiro atoms. The van der Waals surface area contributed by atoms with Crippen molar-refractivity contribution in [3.8, 4) is 0 Å². The van der Waals surface area contributed by atoms with Crippen LogP contribution >= 0.6 is 0 Å². The van der Waals surface area contributed by atoms with Crippen LogP contribution in [0.2, 0.25) is 0 Å². The molecular weight excluding hydrogens is 340 g/mol. The highest BCUT2D eigenvalue weighted by atomic mass is 15.1. The Morgan fingerprint density at radius 1 is 0.679 bits per heavy atom. The zero-order valence-electron chi connectivity index (χ0n) is 16.7. The maximum Gasteiger partial charge on any atom is 0.0588 e. The molecule has 4 rings (SSSR count). The lowest BCUT2D eigenvalue weighted by molar-refractivity contribution is 0.391. The van der Waals surface area contributed by atoms with Gasteiger partial charge in [0.1, 0.15) is 0 Å². The van der Waals surface area contributed by atoms with E-state index in [9.17, 15) is 0 Å². The summed E-state index contributed by atoms with van der Waals surface area (Å²) >= 11 is 0. The van der Waals surface area contributed by atoms with Crippen LogP contribution in [0.15, 0.2) is 84.9 Å². The van der Waals surface area contributed by atoms with Gasteiger partial charge in [0.05, 0.1) is 6.04 Å². The van der Waals surface area contributed by atoms with Gasteiger partial charge in [-0.2, -0.15) is 0 Å². The van der Waals surface area contributed by atoms with Crippen molar-refractivity contribution >= 4 is 21.5 Å². The highest BCUT2D eigenvalue weighted by Gasteiger charge is 2.18. The van der Waals surface area contributed by atoms with Crippen LogP contribution in [0.1, 0.15) is 23.6 Å². The summed E-state index contributed by atoms with van der Waals surface area (Å²) in [6, 6.07) is 30.8. The molecule has 0 aromatic heterocycles. The maximum absolute atomic E-state index is 3.87. The third kappa shape index (κ3) is 3.94. The first kappa shape index (κ1) is 18.7. The van der Waals surface area contributed by atoms with Crippen molar-refractivity contribution in [3.63, 3.8) is 0 Å². The second-order valence-corrected chi connectivity index (χ2v) is 7.68. The number of nitrogens with zero attached hydrogens (tertiary/aromatic N) is 1. The predicted molar refractivity (Wildman–Crippen MR) is 121 cm³/mol. The second kappa shape index (κ2) is 8.55. The molecule has 0 fully saturated rings. The summed E-state index contributed by atoms with van der Waals surface area (Å²) < 4.78 is 0. The van der Waals surface area contributed by atoms with Crippen molar-refractivity contribution in [2.24, 2.45) is 0 Å². The van der Waals surface area contributed by atoms with E-state index in [1.807, 2.05) is 0 Å². The molecule has 1 N–H and O–H groups in total. The van der Waals surface area contributed by atoms with Gasteiger partial charge in [-0.15, -0.1) is 0 Å². The van der Waals surface area contributed by atoms with Crippen molar-refractivity contribution in [2.75, 3.05) is 27.2 Å². The largest absolute Gasteiger partial charge is 0.309 e. The normalized spacial score (nSPS) is 11.7. The Balaban J connectivity index is 1.79. The standard InChI is InChI=1S/C26H28N2/c1-28(2)19-9-18-27-26(24-16-7-12-20-10-3-5-14-22(20)24)25-17-8-13-21-11-4-6-15-23(21)25/h3-8,10-17,26-27H,9,18-19H2,1-2H3. The molecule has 28 heavy (non-hydrogen) atoms. The van der Waals surface area contributed by atoms with Gasteiger partial charge in [0.25, 0.3) is 0 Å². The van der Waals surface area contributed by atoms with Gasteiger partial charge < -0.3 is 10.2 Å². The van der Waals surface area contributed by atoms with Crippen LogP contribution < -0.4 is 5.32 Å². The third-order valence-electron chi connectivity index (χ3n) is 5.40. The van der Waals surface area contributed by atoms with Crippen molar-refractivity contribution in [1.82, 2.24) is 10.2 Å². The van der Waals surface area contributed by atoms with Gasteiger partial charge in [-0.1, -0.05) is 84.9 Å². The quantitative estimate of drug-likeness (QED) is 0.426. The monoisotopic (exact) mass is 368 g/mol. The average Bonchev–Trinajstić information content (AvgIpc) is 2.73. The average molecular weight is 369 g/mol. The minimum Gasteiger partial charge on any atom is -0.309 e. The van der Waals surface area contributed by atoms with E-state index in [-0.39, 0.29) is 6.04 Å². The Labute approximate surface area is 167 Å². The summed E-state index contributed by atoms with van der Waals surface area (Å²) in [5.41, 5.74) is 2.69. The van der Waals surface area contributed by atoms with Crippen LogP contribution in [-0.2, 0) is 0 Å². The molecule has 4 aromatic carbocycles. The summed E-state index contributed by atoms with van der Waals surface area (Å²) in [4.78, 5) is 2.24. The molecule has 0 atom stereocenters. The summed E-state index contributed by atoms with van der Waals surface area (Å²) in [6.07, 6.45) is 1.12. The van der Waals surface area contributed by atoms with Gasteiger partial charge in [-0.3, -0.25) is 0 Å². The molecule has 2 heteroatoms. The molecule has 0 amide bonds. The van der Waals surface area contributed by atoms with E-state index in [0.717, 1.165) is 19.5 Å². The second-order valence-electron chi connectivity index (χ2n) is 7.68. The molecule has 0 radical (unpaired) electrons. The number of hydrogen-bond acceptors (Lipinski definition) is 2. The first-order valence-corrected chi connectivity index (χ1v) is 10.1. The number of fused-ring (bicyclic) bond motifs is 2. The fraction of sp³-hybridized carbons (Fsp3) is 0.231. The van der Waals surface area contributed by atoms with E-state index in [0.29, 0.717) is 0 Å². The van der Waals surface area contributed by atoms with E-state index >= 15 is 0 Å². The molecular formula is C26H28N2. The van der Waals surface area contributed by atoms with Gasteiger partial charge in [0, 0.05) is 0 Å². The molecule has 2 nitrogen and oxygen atoms in total. The van der Waals surface area contributed by atoms with Crippen LogP contribution in [0.3, 0.4) is 0 Å². The zero-order valence-corrected chi connectivity index (χ0v) is 16.7. The minimum absolute atomic E-state index is 0.166. The molecule has 0 aliphatic carbocycles. The van der Waals surface area contributed by atoms with Gasteiger partial charge in [-0.05, 0) is 66.3 Å².